The van der Waals surface area contributed by atoms with Crippen molar-refractivity contribution < 1.29 is 4.74 Å². The van der Waals surface area contributed by atoms with Gasteiger partial charge in [-0.05, 0) is 55.3 Å². The van der Waals surface area contributed by atoms with Gasteiger partial charge in [0.05, 0.1) is 13.3 Å². The van der Waals surface area contributed by atoms with E-state index in [0.717, 1.165) is 18.1 Å². The number of methoxy groups -OCH3 is 1. The van der Waals surface area contributed by atoms with Gasteiger partial charge in [-0.2, -0.15) is 0 Å². The molecule has 1 saturated heterocycles. The van der Waals surface area contributed by atoms with Gasteiger partial charge in [-0.3, -0.25) is 4.98 Å². The van der Waals surface area contributed by atoms with E-state index in [0.29, 0.717) is 6.04 Å². The van der Waals surface area contributed by atoms with E-state index >= 15 is 0 Å². The van der Waals surface area contributed by atoms with Gasteiger partial charge in [0.2, 0.25) is 0 Å². The lowest BCUT2D eigenvalue weighted by Gasteiger charge is -2.36. The van der Waals surface area contributed by atoms with Gasteiger partial charge in [0.1, 0.15) is 5.75 Å². The number of nitrogens with one attached hydrogen (secondary N) is 1. The van der Waals surface area contributed by atoms with Crippen molar-refractivity contribution in [3.05, 3.63) is 30.1 Å². The highest BCUT2D eigenvalue weighted by Gasteiger charge is 2.28. The van der Waals surface area contributed by atoms with Crippen LogP contribution in [0, 0.1) is 5.92 Å². The van der Waals surface area contributed by atoms with Crippen molar-refractivity contribution in [1.29, 1.82) is 0 Å². The molecule has 0 bridgehead atoms. The monoisotopic (exact) mass is 244 g/mol. The zero-order valence-electron chi connectivity index (χ0n) is 10.9. The maximum atomic E-state index is 5.25. The number of piperidine rings is 1. The molecule has 3 nitrogen and oxygen atoms in total. The van der Waals surface area contributed by atoms with Crippen LogP contribution >= 0.6 is 0 Å². The molecule has 1 aromatic heterocycles. The molecule has 0 aromatic carbocycles. The first kappa shape index (κ1) is 11.7. The van der Waals surface area contributed by atoms with Crippen LogP contribution in [0.15, 0.2) is 24.5 Å². The lowest BCUT2D eigenvalue weighted by Crippen LogP contribution is -2.42. The second kappa shape index (κ2) is 5.11. The van der Waals surface area contributed by atoms with E-state index in [4.69, 9.17) is 4.74 Å². The van der Waals surface area contributed by atoms with Crippen LogP contribution in [0.3, 0.4) is 0 Å². The van der Waals surface area contributed by atoms with Crippen LogP contribution in [0.2, 0.25) is 0 Å². The summed E-state index contributed by atoms with van der Waals surface area (Å²) in [6.07, 6.45) is 11.1. The molecule has 2 unspecified atom stereocenters. The number of aromatic nitrogens is 1. The number of fused-ring (bicyclic) bond motifs is 1. The lowest BCUT2D eigenvalue weighted by molar-refractivity contribution is 0.278. The van der Waals surface area contributed by atoms with Crippen molar-refractivity contribution in [1.82, 2.24) is 10.3 Å². The van der Waals surface area contributed by atoms with Crippen LogP contribution in [-0.2, 0) is 0 Å². The molecule has 1 fully saturated rings. The van der Waals surface area contributed by atoms with E-state index in [1.54, 1.807) is 13.3 Å². The number of nitrogens with zero attached hydrogens (tertiary/aromatic N) is 1. The Kier molecular flexibility index (Phi) is 3.33. The summed E-state index contributed by atoms with van der Waals surface area (Å²) in [7, 11) is 1.69. The molecule has 0 radical (unpaired) electrons. The third-order valence-corrected chi connectivity index (χ3v) is 4.15. The first-order valence-electron chi connectivity index (χ1n) is 6.78. The van der Waals surface area contributed by atoms with Gasteiger partial charge in [-0.1, -0.05) is 6.08 Å². The number of hydrogen-bond donors (Lipinski definition) is 1. The molecular formula is C15H20N2O. The summed E-state index contributed by atoms with van der Waals surface area (Å²) < 4.78 is 5.25. The summed E-state index contributed by atoms with van der Waals surface area (Å²) in [5.74, 6) is 1.67. The molecule has 1 aromatic rings. The minimum atomic E-state index is 0.657. The van der Waals surface area contributed by atoms with E-state index in [9.17, 15) is 0 Å². The van der Waals surface area contributed by atoms with Gasteiger partial charge >= 0.3 is 0 Å². The first-order chi connectivity index (χ1) is 8.86. The number of pyridine rings is 1. The van der Waals surface area contributed by atoms with Crippen LogP contribution in [0.5, 0.6) is 5.75 Å². The van der Waals surface area contributed by atoms with Crippen molar-refractivity contribution in [2.75, 3.05) is 13.7 Å². The summed E-state index contributed by atoms with van der Waals surface area (Å²) in [6.45, 7) is 1.17. The molecule has 1 N–H and O–H groups in total. The van der Waals surface area contributed by atoms with Crippen LogP contribution in [0.1, 0.15) is 31.2 Å². The molecule has 1 aliphatic carbocycles. The van der Waals surface area contributed by atoms with Gasteiger partial charge in [0, 0.05) is 12.2 Å². The second-order valence-electron chi connectivity index (χ2n) is 5.25. The molecule has 2 atom stereocenters. The lowest BCUT2D eigenvalue weighted by atomic mass is 9.78. The normalized spacial score (nSPS) is 27.3. The summed E-state index contributed by atoms with van der Waals surface area (Å²) in [5, 5.41) is 3.66. The number of ether oxygens (including phenoxy) is 1. The van der Waals surface area contributed by atoms with E-state index in [1.807, 2.05) is 6.20 Å². The Morgan fingerprint density at radius 1 is 1.39 bits per heavy atom. The van der Waals surface area contributed by atoms with Crippen LogP contribution in [0.4, 0.5) is 0 Å². The highest BCUT2D eigenvalue weighted by atomic mass is 16.5. The fourth-order valence-corrected chi connectivity index (χ4v) is 3.10. The molecule has 0 saturated carbocycles. The Hall–Kier alpha value is -1.35. The third-order valence-electron chi connectivity index (χ3n) is 4.15. The fourth-order valence-electron chi connectivity index (χ4n) is 3.10. The summed E-state index contributed by atoms with van der Waals surface area (Å²) >= 11 is 0. The third kappa shape index (κ3) is 2.27. The molecule has 0 spiro atoms. The smallest absolute Gasteiger partial charge is 0.137 e. The molecule has 3 rings (SSSR count). The second-order valence-corrected chi connectivity index (χ2v) is 5.25. The molecular weight excluding hydrogens is 224 g/mol. The molecule has 96 valence electrons. The molecule has 18 heavy (non-hydrogen) atoms. The van der Waals surface area contributed by atoms with Crippen molar-refractivity contribution >= 4 is 5.57 Å². The first-order valence-corrected chi connectivity index (χ1v) is 6.78. The summed E-state index contributed by atoms with van der Waals surface area (Å²) in [5.41, 5.74) is 2.62. The summed E-state index contributed by atoms with van der Waals surface area (Å²) in [6, 6.07) is 2.74. The fraction of sp³-hybridized carbons (Fsp3) is 0.533. The average Bonchev–Trinajstić information content (AvgIpc) is 2.47. The van der Waals surface area contributed by atoms with Crippen molar-refractivity contribution in [3.8, 4) is 5.75 Å². The molecule has 2 aliphatic rings. The molecule has 3 heteroatoms. The van der Waals surface area contributed by atoms with E-state index in [-0.39, 0.29) is 0 Å². The van der Waals surface area contributed by atoms with E-state index in [1.165, 1.54) is 36.9 Å². The standard InChI is InChI=1S/C15H20N2O/c1-18-14-7-13(9-16-10-14)12-5-4-11-3-2-6-17-15(11)8-12/h5,7,9-11,15,17H,2-4,6,8H2,1H3. The molecule has 0 amide bonds. The minimum absolute atomic E-state index is 0.657. The Morgan fingerprint density at radius 2 is 2.33 bits per heavy atom. The maximum absolute atomic E-state index is 5.25. The Bertz CT molecular complexity index is 456. The highest BCUT2D eigenvalue weighted by Crippen LogP contribution is 2.34. The zero-order chi connectivity index (χ0) is 12.4. The van der Waals surface area contributed by atoms with Gasteiger partial charge in [0.15, 0.2) is 0 Å². The average molecular weight is 244 g/mol. The Balaban J connectivity index is 1.81. The van der Waals surface area contributed by atoms with Gasteiger partial charge in [-0.25, -0.2) is 0 Å². The maximum Gasteiger partial charge on any atom is 0.137 e. The van der Waals surface area contributed by atoms with Crippen LogP contribution in [-0.4, -0.2) is 24.7 Å². The van der Waals surface area contributed by atoms with Crippen molar-refractivity contribution in [2.24, 2.45) is 5.92 Å². The predicted octanol–water partition coefficient (Wildman–Crippen LogP) is 2.64. The number of hydrogen-bond acceptors (Lipinski definition) is 3. The van der Waals surface area contributed by atoms with Crippen molar-refractivity contribution in [2.45, 2.75) is 31.7 Å². The zero-order valence-corrected chi connectivity index (χ0v) is 10.9. The van der Waals surface area contributed by atoms with Gasteiger partial charge in [-0.15, -0.1) is 0 Å². The van der Waals surface area contributed by atoms with Crippen molar-refractivity contribution in [3.63, 3.8) is 0 Å². The van der Waals surface area contributed by atoms with Crippen LogP contribution in [0.25, 0.3) is 5.57 Å². The highest BCUT2D eigenvalue weighted by molar-refractivity contribution is 5.67. The van der Waals surface area contributed by atoms with Gasteiger partial charge < -0.3 is 10.1 Å². The topological polar surface area (TPSA) is 34.1 Å². The SMILES string of the molecule is COc1cncc(C2=CCC3CCCNC3C2)c1. The quantitative estimate of drug-likeness (QED) is 0.868. The van der Waals surface area contributed by atoms with E-state index in [2.05, 4.69) is 22.4 Å². The van der Waals surface area contributed by atoms with Crippen LogP contribution < -0.4 is 10.1 Å². The minimum Gasteiger partial charge on any atom is -0.495 e. The number of allylic oxidation sites excluding steroid dienone is 1. The largest absolute Gasteiger partial charge is 0.495 e. The Labute approximate surface area is 108 Å². The van der Waals surface area contributed by atoms with E-state index < -0.39 is 0 Å². The molecule has 1 aliphatic heterocycles. The predicted molar refractivity (Wildman–Crippen MR) is 72.5 cm³/mol. The Morgan fingerprint density at radius 3 is 3.22 bits per heavy atom. The molecule has 2 heterocycles. The summed E-state index contributed by atoms with van der Waals surface area (Å²) in [4.78, 5) is 4.25. The van der Waals surface area contributed by atoms with Gasteiger partial charge in [0.25, 0.3) is 0 Å². The number of rotatable bonds is 2.